The average molecular weight is 271 g/mol. The normalized spacial score (nSPS) is 15.3. The maximum Gasteiger partial charge on any atom is 0.216 e. The minimum Gasteiger partial charge on any atom is -0.316 e. The van der Waals surface area contributed by atoms with Crippen molar-refractivity contribution >= 4 is 10.0 Å². The molecule has 6 heteroatoms. The van der Waals surface area contributed by atoms with E-state index < -0.39 is 15.3 Å². The number of nitrogens with one attached hydrogen (secondary N) is 2. The summed E-state index contributed by atoms with van der Waals surface area (Å²) in [7, 11) is -3.31. The highest BCUT2D eigenvalue weighted by Gasteiger charge is 2.22. The Kier molecular flexibility index (Phi) is 5.71. The summed E-state index contributed by atoms with van der Waals surface area (Å²) in [5.41, 5.74) is 0.907. The molecule has 102 valence electrons. The highest BCUT2D eigenvalue weighted by Crippen LogP contribution is 2.13. The maximum absolute atomic E-state index is 12.1. The standard InChI is InChI=1S/C12H21N3O2S/c1-4-13-9-10(2)18(16,17)15-11(3)12-5-7-14-8-6-12/h5-8,10-11,13,15H,4,9H2,1-3H3. The molecule has 0 fully saturated rings. The zero-order chi connectivity index (χ0) is 13.6. The van der Waals surface area contributed by atoms with Crippen molar-refractivity contribution in [3.8, 4) is 0 Å². The van der Waals surface area contributed by atoms with Gasteiger partial charge in [0.2, 0.25) is 10.0 Å². The van der Waals surface area contributed by atoms with Gasteiger partial charge in [-0.15, -0.1) is 0 Å². The van der Waals surface area contributed by atoms with Gasteiger partial charge < -0.3 is 5.32 Å². The van der Waals surface area contributed by atoms with Crippen LogP contribution in [0.5, 0.6) is 0 Å². The first-order valence-electron chi connectivity index (χ1n) is 6.09. The summed E-state index contributed by atoms with van der Waals surface area (Å²) < 4.78 is 26.8. The van der Waals surface area contributed by atoms with Crippen LogP contribution in [0.3, 0.4) is 0 Å². The zero-order valence-corrected chi connectivity index (χ0v) is 11.9. The number of hydrogen-bond donors (Lipinski definition) is 2. The maximum atomic E-state index is 12.1. The van der Waals surface area contributed by atoms with Crippen LogP contribution < -0.4 is 10.0 Å². The topological polar surface area (TPSA) is 71.1 Å². The number of hydrogen-bond acceptors (Lipinski definition) is 4. The molecule has 1 rings (SSSR count). The average Bonchev–Trinajstić information content (AvgIpc) is 2.36. The zero-order valence-electron chi connectivity index (χ0n) is 11.1. The second-order valence-corrected chi connectivity index (χ2v) is 6.41. The third-order valence-corrected chi connectivity index (χ3v) is 4.67. The van der Waals surface area contributed by atoms with Crippen LogP contribution in [0.2, 0.25) is 0 Å². The quantitative estimate of drug-likeness (QED) is 0.778. The lowest BCUT2D eigenvalue weighted by Gasteiger charge is -2.18. The Morgan fingerprint density at radius 3 is 2.44 bits per heavy atom. The van der Waals surface area contributed by atoms with Gasteiger partial charge in [0, 0.05) is 25.0 Å². The molecule has 0 bridgehead atoms. The molecule has 1 aromatic heterocycles. The fourth-order valence-corrected chi connectivity index (χ4v) is 2.74. The molecule has 0 saturated heterocycles. The predicted octanol–water partition coefficient (Wildman–Crippen LogP) is 1.06. The summed E-state index contributed by atoms with van der Waals surface area (Å²) in [6, 6.07) is 3.37. The van der Waals surface area contributed by atoms with Gasteiger partial charge in [0.05, 0.1) is 5.25 Å². The molecule has 0 amide bonds. The molecular weight excluding hydrogens is 250 g/mol. The van der Waals surface area contributed by atoms with E-state index in [1.165, 1.54) is 0 Å². The Labute approximate surface area is 109 Å². The van der Waals surface area contributed by atoms with E-state index >= 15 is 0 Å². The fraction of sp³-hybridized carbons (Fsp3) is 0.583. The van der Waals surface area contributed by atoms with Crippen molar-refractivity contribution in [3.05, 3.63) is 30.1 Å². The van der Waals surface area contributed by atoms with Gasteiger partial charge in [0.25, 0.3) is 0 Å². The van der Waals surface area contributed by atoms with E-state index in [-0.39, 0.29) is 6.04 Å². The highest BCUT2D eigenvalue weighted by atomic mass is 32.2. The van der Waals surface area contributed by atoms with Crippen LogP contribution >= 0.6 is 0 Å². The number of sulfonamides is 1. The van der Waals surface area contributed by atoms with Gasteiger partial charge in [-0.1, -0.05) is 6.92 Å². The third-order valence-electron chi connectivity index (χ3n) is 2.76. The number of nitrogens with zero attached hydrogens (tertiary/aromatic N) is 1. The number of aromatic nitrogens is 1. The van der Waals surface area contributed by atoms with Crippen molar-refractivity contribution < 1.29 is 8.42 Å². The van der Waals surface area contributed by atoms with Crippen LogP contribution in [-0.4, -0.2) is 31.7 Å². The van der Waals surface area contributed by atoms with E-state index in [9.17, 15) is 8.42 Å². The second-order valence-electron chi connectivity index (χ2n) is 4.28. The van der Waals surface area contributed by atoms with Gasteiger partial charge >= 0.3 is 0 Å². The highest BCUT2D eigenvalue weighted by molar-refractivity contribution is 7.90. The lowest BCUT2D eigenvalue weighted by Crippen LogP contribution is -2.39. The van der Waals surface area contributed by atoms with Gasteiger partial charge in [0.15, 0.2) is 0 Å². The van der Waals surface area contributed by atoms with Gasteiger partial charge in [-0.3, -0.25) is 4.98 Å². The van der Waals surface area contributed by atoms with Crippen LogP contribution in [0.15, 0.2) is 24.5 Å². The molecule has 0 aromatic carbocycles. The molecule has 1 aromatic rings. The van der Waals surface area contributed by atoms with E-state index in [1.807, 2.05) is 26.0 Å². The summed E-state index contributed by atoms with van der Waals surface area (Å²) in [5.74, 6) is 0. The van der Waals surface area contributed by atoms with E-state index in [4.69, 9.17) is 0 Å². The molecule has 0 aliphatic carbocycles. The number of rotatable bonds is 7. The minimum atomic E-state index is -3.31. The van der Waals surface area contributed by atoms with Gasteiger partial charge in [-0.2, -0.15) is 0 Å². The molecule has 2 N–H and O–H groups in total. The lowest BCUT2D eigenvalue weighted by atomic mass is 10.1. The van der Waals surface area contributed by atoms with Crippen molar-refractivity contribution in [2.75, 3.05) is 13.1 Å². The number of pyridine rings is 1. The van der Waals surface area contributed by atoms with Gasteiger partial charge in [-0.25, -0.2) is 13.1 Å². The summed E-state index contributed by atoms with van der Waals surface area (Å²) in [6.45, 7) is 6.69. The molecule has 0 aliphatic rings. The molecule has 1 heterocycles. The first kappa shape index (κ1) is 15.1. The van der Waals surface area contributed by atoms with Crippen molar-refractivity contribution in [1.29, 1.82) is 0 Å². The smallest absolute Gasteiger partial charge is 0.216 e. The van der Waals surface area contributed by atoms with Crippen molar-refractivity contribution in [2.45, 2.75) is 32.1 Å². The largest absolute Gasteiger partial charge is 0.316 e. The van der Waals surface area contributed by atoms with E-state index in [0.717, 1.165) is 12.1 Å². The molecule has 0 spiro atoms. The lowest BCUT2D eigenvalue weighted by molar-refractivity contribution is 0.547. The van der Waals surface area contributed by atoms with E-state index in [2.05, 4.69) is 15.0 Å². The van der Waals surface area contributed by atoms with Crippen molar-refractivity contribution in [3.63, 3.8) is 0 Å². The van der Waals surface area contributed by atoms with Gasteiger partial charge in [0.1, 0.15) is 0 Å². The summed E-state index contributed by atoms with van der Waals surface area (Å²) >= 11 is 0. The fourth-order valence-electron chi connectivity index (χ4n) is 1.54. The molecule has 0 aliphatic heterocycles. The van der Waals surface area contributed by atoms with E-state index in [0.29, 0.717) is 6.54 Å². The Morgan fingerprint density at radius 2 is 1.89 bits per heavy atom. The summed E-state index contributed by atoms with van der Waals surface area (Å²) in [5, 5.41) is 2.58. The van der Waals surface area contributed by atoms with Gasteiger partial charge in [-0.05, 0) is 38.1 Å². The first-order chi connectivity index (χ1) is 8.47. The first-order valence-corrected chi connectivity index (χ1v) is 7.63. The molecule has 0 saturated carbocycles. The minimum absolute atomic E-state index is 0.248. The van der Waals surface area contributed by atoms with E-state index in [1.54, 1.807) is 19.3 Å². The summed E-state index contributed by atoms with van der Waals surface area (Å²) in [6.07, 6.45) is 3.31. The Morgan fingerprint density at radius 1 is 1.28 bits per heavy atom. The van der Waals surface area contributed by atoms with Crippen LogP contribution in [0, 0.1) is 0 Å². The van der Waals surface area contributed by atoms with Crippen molar-refractivity contribution in [1.82, 2.24) is 15.0 Å². The van der Waals surface area contributed by atoms with Crippen LogP contribution in [0.25, 0.3) is 0 Å². The second kappa shape index (κ2) is 6.82. The summed E-state index contributed by atoms with van der Waals surface area (Å²) in [4.78, 5) is 3.91. The third kappa shape index (κ3) is 4.36. The van der Waals surface area contributed by atoms with Crippen LogP contribution in [0.1, 0.15) is 32.4 Å². The molecular formula is C12H21N3O2S. The molecule has 2 atom stereocenters. The molecule has 18 heavy (non-hydrogen) atoms. The molecule has 2 unspecified atom stereocenters. The Bertz CT molecular complexity index is 448. The Balaban J connectivity index is 2.65. The predicted molar refractivity (Wildman–Crippen MR) is 72.7 cm³/mol. The monoisotopic (exact) mass is 271 g/mol. The molecule has 0 radical (unpaired) electrons. The van der Waals surface area contributed by atoms with Crippen LogP contribution in [-0.2, 0) is 10.0 Å². The Hall–Kier alpha value is -0.980. The van der Waals surface area contributed by atoms with Crippen molar-refractivity contribution in [2.24, 2.45) is 0 Å². The SMILES string of the molecule is CCNCC(C)S(=O)(=O)NC(C)c1ccncc1. The molecule has 5 nitrogen and oxygen atoms in total. The van der Waals surface area contributed by atoms with Crippen LogP contribution in [0.4, 0.5) is 0 Å².